The Hall–Kier alpha value is -2.37. The third kappa shape index (κ3) is 3.06. The Morgan fingerprint density at radius 1 is 1.13 bits per heavy atom. The van der Waals surface area contributed by atoms with Crippen molar-refractivity contribution in [2.24, 2.45) is 5.92 Å². The summed E-state index contributed by atoms with van der Waals surface area (Å²) in [5, 5.41) is 12.0. The molecule has 0 bridgehead atoms. The molecule has 0 aromatic heterocycles. The van der Waals surface area contributed by atoms with Gasteiger partial charge in [-0.3, -0.25) is 9.63 Å². The number of aliphatic hydroxyl groups is 1. The molecule has 1 saturated heterocycles. The van der Waals surface area contributed by atoms with Gasteiger partial charge in [-0.15, -0.1) is 0 Å². The average molecular weight is 313 g/mol. The molecule has 3 rings (SSSR count). The van der Waals surface area contributed by atoms with Gasteiger partial charge in [0.1, 0.15) is 12.5 Å². The van der Waals surface area contributed by atoms with Crippen LogP contribution in [0.5, 0.6) is 0 Å². The standard InChI is InChI=1S/C18H19NO4/c1-22-18(21)16-15(20)12-23-19(14-10-6-3-7-11-14)17(16)13-8-4-2-5-9-13/h2-11,15-17,20H,12H2,1H3/t15-,16-,17-/m0/s1. The molecule has 23 heavy (non-hydrogen) atoms. The zero-order chi connectivity index (χ0) is 16.2. The lowest BCUT2D eigenvalue weighted by atomic mass is 9.87. The summed E-state index contributed by atoms with van der Waals surface area (Å²) in [4.78, 5) is 18.0. The van der Waals surface area contributed by atoms with Crippen molar-refractivity contribution in [3.8, 4) is 0 Å². The number of nitrogens with zero attached hydrogens (tertiary/aromatic N) is 1. The number of methoxy groups -OCH3 is 1. The highest BCUT2D eigenvalue weighted by molar-refractivity contribution is 5.75. The molecule has 3 atom stereocenters. The fourth-order valence-corrected chi connectivity index (χ4v) is 2.92. The van der Waals surface area contributed by atoms with Crippen LogP contribution in [0, 0.1) is 5.92 Å². The Kier molecular flexibility index (Phi) is 4.60. The van der Waals surface area contributed by atoms with E-state index in [1.807, 2.05) is 60.7 Å². The van der Waals surface area contributed by atoms with E-state index >= 15 is 0 Å². The number of carbonyl (C=O) groups is 1. The van der Waals surface area contributed by atoms with Gasteiger partial charge in [0.15, 0.2) is 0 Å². The topological polar surface area (TPSA) is 59.0 Å². The van der Waals surface area contributed by atoms with Crippen molar-refractivity contribution in [1.29, 1.82) is 0 Å². The maximum absolute atomic E-state index is 12.3. The molecule has 5 nitrogen and oxygen atoms in total. The third-order valence-electron chi connectivity index (χ3n) is 4.02. The second-order valence-electron chi connectivity index (χ2n) is 5.43. The van der Waals surface area contributed by atoms with Crippen LogP contribution in [0.4, 0.5) is 5.69 Å². The molecule has 1 aliphatic rings. The summed E-state index contributed by atoms with van der Waals surface area (Å²) in [5.74, 6) is -1.17. The van der Waals surface area contributed by atoms with Crippen LogP contribution in [0.1, 0.15) is 11.6 Å². The summed E-state index contributed by atoms with van der Waals surface area (Å²) < 4.78 is 4.91. The van der Waals surface area contributed by atoms with Crippen LogP contribution in [0.15, 0.2) is 60.7 Å². The summed E-state index contributed by atoms with van der Waals surface area (Å²) in [6.07, 6.45) is -0.924. The van der Waals surface area contributed by atoms with E-state index in [-0.39, 0.29) is 6.61 Å². The highest BCUT2D eigenvalue weighted by Gasteiger charge is 2.44. The van der Waals surface area contributed by atoms with Gasteiger partial charge in [-0.05, 0) is 17.7 Å². The number of ether oxygens (including phenoxy) is 1. The van der Waals surface area contributed by atoms with Crippen LogP contribution < -0.4 is 5.06 Å². The Morgan fingerprint density at radius 3 is 2.35 bits per heavy atom. The molecule has 2 aromatic carbocycles. The number of anilines is 1. The van der Waals surface area contributed by atoms with Crippen molar-refractivity contribution in [2.75, 3.05) is 18.8 Å². The molecule has 1 heterocycles. The predicted octanol–water partition coefficient (Wildman–Crippen LogP) is 2.33. The highest BCUT2D eigenvalue weighted by atomic mass is 16.7. The maximum Gasteiger partial charge on any atom is 0.313 e. The van der Waals surface area contributed by atoms with E-state index in [1.165, 1.54) is 7.11 Å². The fraction of sp³-hybridized carbons (Fsp3) is 0.278. The van der Waals surface area contributed by atoms with Gasteiger partial charge in [0.05, 0.1) is 24.9 Å². The first-order chi connectivity index (χ1) is 11.2. The maximum atomic E-state index is 12.3. The number of esters is 1. The minimum atomic E-state index is -0.924. The summed E-state index contributed by atoms with van der Waals surface area (Å²) in [7, 11) is 1.33. The number of aliphatic hydroxyl groups excluding tert-OH is 1. The summed E-state index contributed by atoms with van der Waals surface area (Å²) in [6, 6.07) is 18.6. The number of benzene rings is 2. The lowest BCUT2D eigenvalue weighted by molar-refractivity contribution is -0.160. The van der Waals surface area contributed by atoms with E-state index < -0.39 is 24.0 Å². The minimum absolute atomic E-state index is 0.0397. The molecule has 0 aliphatic carbocycles. The van der Waals surface area contributed by atoms with E-state index in [1.54, 1.807) is 5.06 Å². The predicted molar refractivity (Wildman–Crippen MR) is 85.6 cm³/mol. The van der Waals surface area contributed by atoms with E-state index in [0.29, 0.717) is 0 Å². The lowest BCUT2D eigenvalue weighted by Gasteiger charge is -2.42. The van der Waals surface area contributed by atoms with Crippen LogP contribution in [-0.2, 0) is 14.4 Å². The second-order valence-corrected chi connectivity index (χ2v) is 5.43. The number of hydroxylamine groups is 1. The molecule has 1 N–H and O–H groups in total. The second kappa shape index (κ2) is 6.81. The Labute approximate surface area is 135 Å². The average Bonchev–Trinajstić information content (AvgIpc) is 2.62. The Balaban J connectivity index is 2.06. The largest absolute Gasteiger partial charge is 0.469 e. The summed E-state index contributed by atoms with van der Waals surface area (Å²) in [5.41, 5.74) is 1.70. The highest BCUT2D eigenvalue weighted by Crippen LogP contribution is 2.39. The van der Waals surface area contributed by atoms with Crippen molar-refractivity contribution >= 4 is 11.7 Å². The number of carbonyl (C=O) groups excluding carboxylic acids is 1. The van der Waals surface area contributed by atoms with E-state index in [2.05, 4.69) is 0 Å². The summed E-state index contributed by atoms with van der Waals surface area (Å²) >= 11 is 0. The van der Waals surface area contributed by atoms with Crippen molar-refractivity contribution in [2.45, 2.75) is 12.1 Å². The van der Waals surface area contributed by atoms with Crippen LogP contribution in [0.3, 0.4) is 0 Å². The van der Waals surface area contributed by atoms with Gasteiger partial charge in [0, 0.05) is 0 Å². The first kappa shape index (κ1) is 15.5. The van der Waals surface area contributed by atoms with E-state index in [4.69, 9.17) is 9.57 Å². The number of rotatable bonds is 3. The Morgan fingerprint density at radius 2 is 1.74 bits per heavy atom. The van der Waals surface area contributed by atoms with Gasteiger partial charge in [0.2, 0.25) is 0 Å². The van der Waals surface area contributed by atoms with Gasteiger partial charge in [0.25, 0.3) is 0 Å². The van der Waals surface area contributed by atoms with Crippen LogP contribution in [0.2, 0.25) is 0 Å². The molecule has 120 valence electrons. The van der Waals surface area contributed by atoms with Gasteiger partial charge in [-0.2, -0.15) is 0 Å². The first-order valence-electron chi connectivity index (χ1n) is 7.50. The van der Waals surface area contributed by atoms with Crippen molar-refractivity contribution < 1.29 is 19.5 Å². The Bertz CT molecular complexity index is 647. The van der Waals surface area contributed by atoms with Gasteiger partial charge >= 0.3 is 5.97 Å². The van der Waals surface area contributed by atoms with Crippen molar-refractivity contribution in [3.05, 3.63) is 66.2 Å². The van der Waals surface area contributed by atoms with Gasteiger partial charge < -0.3 is 9.84 Å². The minimum Gasteiger partial charge on any atom is -0.469 e. The molecular formula is C18H19NO4. The SMILES string of the molecule is COC(=O)[C@H]1[C@@H](O)CON(c2ccccc2)[C@H]1c1ccccc1. The zero-order valence-electron chi connectivity index (χ0n) is 12.8. The number of hydrogen-bond acceptors (Lipinski definition) is 5. The molecule has 0 saturated carbocycles. The summed E-state index contributed by atoms with van der Waals surface area (Å²) in [6.45, 7) is 0.0397. The van der Waals surface area contributed by atoms with Crippen molar-refractivity contribution in [3.63, 3.8) is 0 Å². The molecule has 0 spiro atoms. The van der Waals surface area contributed by atoms with Crippen molar-refractivity contribution in [1.82, 2.24) is 0 Å². The monoisotopic (exact) mass is 313 g/mol. The first-order valence-corrected chi connectivity index (χ1v) is 7.50. The molecule has 1 fully saturated rings. The quantitative estimate of drug-likeness (QED) is 0.881. The third-order valence-corrected chi connectivity index (χ3v) is 4.02. The zero-order valence-corrected chi connectivity index (χ0v) is 12.8. The normalized spacial score (nSPS) is 24.3. The number of para-hydroxylation sites is 1. The molecule has 5 heteroatoms. The lowest BCUT2D eigenvalue weighted by Crippen LogP contribution is -2.50. The van der Waals surface area contributed by atoms with Crippen LogP contribution in [0.25, 0.3) is 0 Å². The number of hydrogen-bond donors (Lipinski definition) is 1. The van der Waals surface area contributed by atoms with Crippen LogP contribution in [-0.4, -0.2) is 30.9 Å². The molecular weight excluding hydrogens is 294 g/mol. The van der Waals surface area contributed by atoms with Gasteiger partial charge in [-0.1, -0.05) is 48.5 Å². The molecule has 0 unspecified atom stereocenters. The smallest absolute Gasteiger partial charge is 0.313 e. The molecule has 0 radical (unpaired) electrons. The molecule has 2 aromatic rings. The van der Waals surface area contributed by atoms with Gasteiger partial charge in [-0.25, -0.2) is 5.06 Å². The van der Waals surface area contributed by atoms with E-state index in [9.17, 15) is 9.90 Å². The fourth-order valence-electron chi connectivity index (χ4n) is 2.92. The molecule has 0 amide bonds. The van der Waals surface area contributed by atoms with Crippen LogP contribution >= 0.6 is 0 Å². The van der Waals surface area contributed by atoms with E-state index in [0.717, 1.165) is 11.3 Å². The molecule has 1 aliphatic heterocycles.